The second-order valence-electron chi connectivity index (χ2n) is 4.65. The van der Waals surface area contributed by atoms with Crippen molar-refractivity contribution < 1.29 is 14.7 Å². The van der Waals surface area contributed by atoms with E-state index in [1.807, 2.05) is 13.8 Å². The van der Waals surface area contributed by atoms with Crippen molar-refractivity contribution in [1.82, 2.24) is 10.2 Å². The number of rotatable bonds is 7. The molecule has 5 nitrogen and oxygen atoms in total. The Morgan fingerprint density at radius 3 is 2.50 bits per heavy atom. The second-order valence-corrected chi connectivity index (χ2v) is 4.65. The summed E-state index contributed by atoms with van der Waals surface area (Å²) in [6, 6.07) is 0.233. The van der Waals surface area contributed by atoms with Crippen LogP contribution < -0.4 is 5.32 Å². The summed E-state index contributed by atoms with van der Waals surface area (Å²) in [4.78, 5) is 23.8. The quantitative estimate of drug-likeness (QED) is 0.658. The fourth-order valence-electron chi connectivity index (χ4n) is 1.43. The summed E-state index contributed by atoms with van der Waals surface area (Å²) in [5.41, 5.74) is 0. The smallest absolute Gasteiger partial charge is 0.323 e. The number of aliphatic carboxylic acids is 1. The monoisotopic (exact) mass is 228 g/mol. The van der Waals surface area contributed by atoms with Crippen molar-refractivity contribution in [3.05, 3.63) is 0 Å². The molecule has 0 unspecified atom stereocenters. The lowest BCUT2D eigenvalue weighted by Gasteiger charge is -2.21. The highest BCUT2D eigenvalue weighted by atomic mass is 16.4. The van der Waals surface area contributed by atoms with Gasteiger partial charge in [0.15, 0.2) is 0 Å². The molecule has 5 heteroatoms. The molecule has 92 valence electrons. The van der Waals surface area contributed by atoms with Gasteiger partial charge in [-0.15, -0.1) is 0 Å². The Morgan fingerprint density at radius 2 is 2.06 bits per heavy atom. The standard InChI is InChI=1S/C11H20N2O3/c1-8(2)12-5-10(14)13(7-11(15)16)6-9-3-4-9/h8-9,12H,3-7H2,1-2H3,(H,15,16). The van der Waals surface area contributed by atoms with Crippen LogP contribution in [-0.4, -0.2) is 47.6 Å². The Morgan fingerprint density at radius 1 is 1.44 bits per heavy atom. The average Bonchev–Trinajstić information content (AvgIpc) is 2.96. The molecule has 0 saturated heterocycles. The summed E-state index contributed by atoms with van der Waals surface area (Å²) in [5, 5.41) is 11.7. The summed E-state index contributed by atoms with van der Waals surface area (Å²) in [6.07, 6.45) is 2.22. The van der Waals surface area contributed by atoms with Gasteiger partial charge in [0.05, 0.1) is 6.54 Å². The molecule has 0 radical (unpaired) electrons. The number of nitrogens with zero attached hydrogens (tertiary/aromatic N) is 1. The average molecular weight is 228 g/mol. The van der Waals surface area contributed by atoms with Crippen molar-refractivity contribution in [1.29, 1.82) is 0 Å². The minimum atomic E-state index is -0.946. The summed E-state index contributed by atoms with van der Waals surface area (Å²) in [5.74, 6) is -0.552. The molecule has 16 heavy (non-hydrogen) atoms. The maximum absolute atomic E-state index is 11.7. The van der Waals surface area contributed by atoms with Crippen LogP contribution in [-0.2, 0) is 9.59 Å². The number of carboxylic acids is 1. The zero-order valence-electron chi connectivity index (χ0n) is 9.90. The molecule has 1 amide bonds. The van der Waals surface area contributed by atoms with Crippen LogP contribution in [0.25, 0.3) is 0 Å². The van der Waals surface area contributed by atoms with E-state index in [1.165, 1.54) is 4.90 Å². The molecule has 1 rings (SSSR count). The van der Waals surface area contributed by atoms with E-state index in [4.69, 9.17) is 5.11 Å². The first-order valence-electron chi connectivity index (χ1n) is 5.72. The molecule has 1 aliphatic rings. The lowest BCUT2D eigenvalue weighted by atomic mass is 10.3. The van der Waals surface area contributed by atoms with Gasteiger partial charge in [-0.25, -0.2) is 0 Å². The van der Waals surface area contributed by atoms with Gasteiger partial charge in [0.25, 0.3) is 0 Å². The van der Waals surface area contributed by atoms with Crippen LogP contribution in [0.4, 0.5) is 0 Å². The molecule has 0 heterocycles. The summed E-state index contributed by atoms with van der Waals surface area (Å²) >= 11 is 0. The topological polar surface area (TPSA) is 69.6 Å². The third-order valence-electron chi connectivity index (χ3n) is 2.52. The molecule has 1 aliphatic carbocycles. The molecule has 1 fully saturated rings. The Labute approximate surface area is 95.8 Å². The lowest BCUT2D eigenvalue weighted by Crippen LogP contribution is -2.43. The summed E-state index contributed by atoms with van der Waals surface area (Å²) in [6.45, 7) is 4.53. The second kappa shape index (κ2) is 5.84. The molecule has 0 aliphatic heterocycles. The van der Waals surface area contributed by atoms with Crippen molar-refractivity contribution >= 4 is 11.9 Å². The minimum absolute atomic E-state index is 0.122. The number of carboxylic acid groups (broad SMARTS) is 1. The molecule has 0 atom stereocenters. The van der Waals surface area contributed by atoms with E-state index in [1.54, 1.807) is 0 Å². The minimum Gasteiger partial charge on any atom is -0.480 e. The maximum atomic E-state index is 11.7. The molecular weight excluding hydrogens is 208 g/mol. The van der Waals surface area contributed by atoms with Gasteiger partial charge in [0.1, 0.15) is 6.54 Å². The summed E-state index contributed by atoms with van der Waals surface area (Å²) in [7, 11) is 0. The SMILES string of the molecule is CC(C)NCC(=O)N(CC(=O)O)CC1CC1. The van der Waals surface area contributed by atoms with E-state index in [-0.39, 0.29) is 25.0 Å². The van der Waals surface area contributed by atoms with E-state index in [0.717, 1.165) is 12.8 Å². The molecule has 2 N–H and O–H groups in total. The van der Waals surface area contributed by atoms with E-state index < -0.39 is 5.97 Å². The Balaban J connectivity index is 2.39. The zero-order valence-corrected chi connectivity index (χ0v) is 9.90. The van der Waals surface area contributed by atoms with Crippen LogP contribution in [0.2, 0.25) is 0 Å². The highest BCUT2D eigenvalue weighted by Crippen LogP contribution is 2.29. The van der Waals surface area contributed by atoms with Gasteiger partial charge in [0, 0.05) is 12.6 Å². The van der Waals surface area contributed by atoms with E-state index in [0.29, 0.717) is 12.5 Å². The van der Waals surface area contributed by atoms with Crippen molar-refractivity contribution in [2.24, 2.45) is 5.92 Å². The molecule has 0 bridgehead atoms. The number of hydrogen-bond donors (Lipinski definition) is 2. The molecule has 0 spiro atoms. The van der Waals surface area contributed by atoms with Crippen LogP contribution in [0.5, 0.6) is 0 Å². The maximum Gasteiger partial charge on any atom is 0.323 e. The summed E-state index contributed by atoms with van der Waals surface area (Å²) < 4.78 is 0. The fourth-order valence-corrected chi connectivity index (χ4v) is 1.43. The Kier molecular flexibility index (Phi) is 4.73. The van der Waals surface area contributed by atoms with Gasteiger partial charge in [-0.1, -0.05) is 13.8 Å². The van der Waals surface area contributed by atoms with Gasteiger partial charge in [-0.3, -0.25) is 9.59 Å². The van der Waals surface area contributed by atoms with E-state index in [2.05, 4.69) is 5.32 Å². The van der Waals surface area contributed by atoms with Crippen molar-refractivity contribution in [3.8, 4) is 0 Å². The Bertz CT molecular complexity index is 262. The molecule has 0 aromatic carbocycles. The third-order valence-corrected chi connectivity index (χ3v) is 2.52. The van der Waals surface area contributed by atoms with Crippen LogP contribution in [0.1, 0.15) is 26.7 Å². The number of amides is 1. The number of hydrogen-bond acceptors (Lipinski definition) is 3. The number of carbonyl (C=O) groups excluding carboxylic acids is 1. The lowest BCUT2D eigenvalue weighted by molar-refractivity contribution is -0.144. The van der Waals surface area contributed by atoms with E-state index in [9.17, 15) is 9.59 Å². The van der Waals surface area contributed by atoms with Gasteiger partial charge >= 0.3 is 5.97 Å². The highest BCUT2D eigenvalue weighted by Gasteiger charge is 2.27. The predicted molar refractivity (Wildman–Crippen MR) is 60.1 cm³/mol. The van der Waals surface area contributed by atoms with Crippen molar-refractivity contribution in [2.45, 2.75) is 32.7 Å². The molecule has 0 aromatic heterocycles. The first-order valence-corrected chi connectivity index (χ1v) is 5.72. The van der Waals surface area contributed by atoms with Crippen LogP contribution >= 0.6 is 0 Å². The van der Waals surface area contributed by atoms with Gasteiger partial charge in [-0.05, 0) is 18.8 Å². The normalized spacial score (nSPS) is 15.2. The molecule has 0 aromatic rings. The van der Waals surface area contributed by atoms with Gasteiger partial charge in [-0.2, -0.15) is 0 Å². The molecular formula is C11H20N2O3. The zero-order chi connectivity index (χ0) is 12.1. The van der Waals surface area contributed by atoms with E-state index >= 15 is 0 Å². The van der Waals surface area contributed by atoms with Gasteiger partial charge < -0.3 is 15.3 Å². The fraction of sp³-hybridized carbons (Fsp3) is 0.818. The van der Waals surface area contributed by atoms with Crippen molar-refractivity contribution in [3.63, 3.8) is 0 Å². The number of carbonyl (C=O) groups is 2. The van der Waals surface area contributed by atoms with Crippen LogP contribution in [0.3, 0.4) is 0 Å². The molecule has 1 saturated carbocycles. The first kappa shape index (κ1) is 13.0. The number of nitrogens with one attached hydrogen (secondary N) is 1. The van der Waals surface area contributed by atoms with Gasteiger partial charge in [0.2, 0.25) is 5.91 Å². The first-order chi connectivity index (χ1) is 7.49. The van der Waals surface area contributed by atoms with Crippen LogP contribution in [0, 0.1) is 5.92 Å². The third kappa shape index (κ3) is 5.11. The highest BCUT2D eigenvalue weighted by molar-refractivity contribution is 5.82. The Hall–Kier alpha value is -1.10. The predicted octanol–water partition coefficient (Wildman–Crippen LogP) is 0.308. The van der Waals surface area contributed by atoms with Crippen molar-refractivity contribution in [2.75, 3.05) is 19.6 Å². The largest absolute Gasteiger partial charge is 0.480 e. The van der Waals surface area contributed by atoms with Crippen LogP contribution in [0.15, 0.2) is 0 Å².